The van der Waals surface area contributed by atoms with Crippen molar-refractivity contribution in [2.45, 2.75) is 57.5 Å². The number of carbonyl (C=O) groups is 3. The minimum Gasteiger partial charge on any atom is -0.369 e. The number of nitrogens with zero attached hydrogens (tertiary/aromatic N) is 2. The maximum Gasteiger partial charge on any atom is 0.250 e. The van der Waals surface area contributed by atoms with Crippen LogP contribution >= 0.6 is 0 Å². The molecule has 0 bridgehead atoms. The summed E-state index contributed by atoms with van der Waals surface area (Å²) in [6.07, 6.45) is 6.33. The third-order valence-electron chi connectivity index (χ3n) is 6.13. The van der Waals surface area contributed by atoms with E-state index in [0.29, 0.717) is 32.5 Å². The Bertz CT molecular complexity index is 790. The fraction of sp³-hybridized carbons (Fsp3) is 0.619. The second-order valence-electron chi connectivity index (χ2n) is 8.10. The van der Waals surface area contributed by atoms with Crippen molar-refractivity contribution in [3.8, 4) is 0 Å². The molecule has 1 aliphatic carbocycles. The van der Waals surface area contributed by atoms with Gasteiger partial charge in [0.05, 0.1) is 0 Å². The average molecular weight is 402 g/mol. The number of carbonyl (C=O) groups excluding carboxylic acids is 3. The van der Waals surface area contributed by atoms with Crippen molar-refractivity contribution in [1.29, 1.82) is 0 Å². The predicted molar refractivity (Wildman–Crippen MR) is 108 cm³/mol. The number of pyridine rings is 1. The average Bonchev–Trinajstić information content (AvgIpc) is 2.73. The van der Waals surface area contributed by atoms with Crippen molar-refractivity contribution in [2.75, 3.05) is 13.1 Å². The molecule has 1 aromatic rings. The van der Waals surface area contributed by atoms with Crippen LogP contribution in [0.25, 0.3) is 0 Å². The molecular formula is C21H30N4O4. The lowest BCUT2D eigenvalue weighted by Crippen LogP contribution is -2.46. The second-order valence-corrected chi connectivity index (χ2v) is 8.10. The molecule has 2 fully saturated rings. The highest BCUT2D eigenvalue weighted by atomic mass is 16.2. The lowest BCUT2D eigenvalue weighted by Gasteiger charge is -2.35. The van der Waals surface area contributed by atoms with E-state index in [4.69, 9.17) is 5.73 Å². The Hall–Kier alpha value is -2.64. The molecule has 158 valence electrons. The molecule has 3 rings (SSSR count). The number of aryl methyl sites for hydroxylation is 1. The highest BCUT2D eigenvalue weighted by molar-refractivity contribution is 5.80. The maximum atomic E-state index is 12.7. The highest BCUT2D eigenvalue weighted by Crippen LogP contribution is 2.28. The number of hydrogen-bond acceptors (Lipinski definition) is 4. The molecule has 1 saturated carbocycles. The fourth-order valence-electron chi connectivity index (χ4n) is 4.29. The Kier molecular flexibility index (Phi) is 7.06. The van der Waals surface area contributed by atoms with E-state index in [1.165, 1.54) is 10.6 Å². The van der Waals surface area contributed by atoms with E-state index in [0.717, 1.165) is 25.7 Å². The minimum atomic E-state index is -0.273. The third-order valence-corrected chi connectivity index (χ3v) is 6.13. The number of aromatic nitrogens is 1. The van der Waals surface area contributed by atoms with Crippen molar-refractivity contribution in [2.24, 2.45) is 17.6 Å². The normalized spacial score (nSPS) is 22.8. The lowest BCUT2D eigenvalue weighted by atomic mass is 9.84. The molecule has 0 unspecified atom stereocenters. The molecular weight excluding hydrogens is 372 g/mol. The van der Waals surface area contributed by atoms with Crippen molar-refractivity contribution in [3.63, 3.8) is 0 Å². The zero-order chi connectivity index (χ0) is 20.8. The Labute approximate surface area is 170 Å². The van der Waals surface area contributed by atoms with Crippen LogP contribution in [0.15, 0.2) is 29.2 Å². The minimum absolute atomic E-state index is 0.00354. The van der Waals surface area contributed by atoms with Gasteiger partial charge in [0.1, 0.15) is 0 Å². The molecule has 2 heterocycles. The standard InChI is InChI=1S/C21H30N4O4/c22-20(28)15-8-12-25(13-9-15)21(29)16-4-6-17(7-5-16)23-18(26)10-14-24-11-2-1-3-19(24)27/h1-3,11,15-17H,4-10,12-14H2,(H2,22,28)(H,23,26). The Morgan fingerprint density at radius 2 is 1.69 bits per heavy atom. The molecule has 29 heavy (non-hydrogen) atoms. The number of nitrogens with two attached hydrogens (primary N) is 1. The van der Waals surface area contributed by atoms with Crippen molar-refractivity contribution < 1.29 is 14.4 Å². The van der Waals surface area contributed by atoms with Gasteiger partial charge in [-0.2, -0.15) is 0 Å². The van der Waals surface area contributed by atoms with Crippen molar-refractivity contribution >= 4 is 17.7 Å². The van der Waals surface area contributed by atoms with Crippen molar-refractivity contribution in [1.82, 2.24) is 14.8 Å². The number of amides is 3. The monoisotopic (exact) mass is 402 g/mol. The molecule has 1 aromatic heterocycles. The summed E-state index contributed by atoms with van der Waals surface area (Å²) < 4.78 is 1.52. The number of nitrogens with one attached hydrogen (secondary N) is 1. The first kappa shape index (κ1) is 21.1. The largest absolute Gasteiger partial charge is 0.369 e. The van der Waals surface area contributed by atoms with Crippen LogP contribution in [-0.2, 0) is 20.9 Å². The first-order chi connectivity index (χ1) is 13.9. The second kappa shape index (κ2) is 9.71. The first-order valence-corrected chi connectivity index (χ1v) is 10.5. The van der Waals surface area contributed by atoms with E-state index in [1.54, 1.807) is 18.3 Å². The first-order valence-electron chi connectivity index (χ1n) is 10.5. The van der Waals surface area contributed by atoms with Gasteiger partial charge in [-0.05, 0) is 44.6 Å². The van der Waals surface area contributed by atoms with Crippen LogP contribution in [0.5, 0.6) is 0 Å². The highest BCUT2D eigenvalue weighted by Gasteiger charge is 2.32. The molecule has 0 aromatic carbocycles. The zero-order valence-corrected chi connectivity index (χ0v) is 16.7. The van der Waals surface area contributed by atoms with Gasteiger partial charge in [0.25, 0.3) is 5.56 Å². The summed E-state index contributed by atoms with van der Waals surface area (Å²) in [6, 6.07) is 5.01. The van der Waals surface area contributed by atoms with Gasteiger partial charge >= 0.3 is 0 Å². The zero-order valence-electron chi connectivity index (χ0n) is 16.7. The molecule has 0 radical (unpaired) electrons. The van der Waals surface area contributed by atoms with E-state index in [9.17, 15) is 19.2 Å². The molecule has 1 aliphatic heterocycles. The maximum absolute atomic E-state index is 12.7. The Morgan fingerprint density at radius 1 is 1.00 bits per heavy atom. The quantitative estimate of drug-likeness (QED) is 0.726. The van der Waals surface area contributed by atoms with Crippen molar-refractivity contribution in [3.05, 3.63) is 34.7 Å². The summed E-state index contributed by atoms with van der Waals surface area (Å²) >= 11 is 0. The van der Waals surface area contributed by atoms with E-state index >= 15 is 0 Å². The summed E-state index contributed by atoms with van der Waals surface area (Å²) in [4.78, 5) is 49.8. The number of hydrogen-bond donors (Lipinski definition) is 2. The molecule has 2 aliphatic rings. The van der Waals surface area contributed by atoms with Gasteiger partial charge in [-0.15, -0.1) is 0 Å². The van der Waals surface area contributed by atoms with E-state index in [-0.39, 0.29) is 47.6 Å². The molecule has 0 spiro atoms. The van der Waals surface area contributed by atoms with Gasteiger partial charge in [-0.1, -0.05) is 6.07 Å². The van der Waals surface area contributed by atoms with E-state index < -0.39 is 0 Å². The summed E-state index contributed by atoms with van der Waals surface area (Å²) in [6.45, 7) is 1.56. The van der Waals surface area contributed by atoms with Crippen LogP contribution in [-0.4, -0.2) is 46.3 Å². The van der Waals surface area contributed by atoms with E-state index in [1.807, 2.05) is 4.90 Å². The van der Waals surface area contributed by atoms with Gasteiger partial charge < -0.3 is 20.5 Å². The van der Waals surface area contributed by atoms with E-state index in [2.05, 4.69) is 5.32 Å². The van der Waals surface area contributed by atoms with Crippen LogP contribution in [0.4, 0.5) is 0 Å². The van der Waals surface area contributed by atoms with Crippen LogP contribution in [0.3, 0.4) is 0 Å². The Balaban J connectivity index is 1.38. The predicted octanol–water partition coefficient (Wildman–Crippen LogP) is 0.637. The summed E-state index contributed by atoms with van der Waals surface area (Å²) in [5.41, 5.74) is 5.24. The molecule has 3 N–H and O–H groups in total. The van der Waals surface area contributed by atoms with Gasteiger partial charge in [0.2, 0.25) is 17.7 Å². The SMILES string of the molecule is NC(=O)C1CCN(C(=O)C2CCC(NC(=O)CCn3ccccc3=O)CC2)CC1. The number of piperidine rings is 1. The molecule has 0 atom stereocenters. The number of rotatable bonds is 6. The summed E-state index contributed by atoms with van der Waals surface area (Å²) in [5.74, 6) is -0.288. The Morgan fingerprint density at radius 3 is 2.31 bits per heavy atom. The fourth-order valence-corrected chi connectivity index (χ4v) is 4.29. The van der Waals surface area contributed by atoms with Crippen LogP contribution in [0.2, 0.25) is 0 Å². The molecule has 8 nitrogen and oxygen atoms in total. The number of primary amides is 1. The van der Waals surface area contributed by atoms with Crippen LogP contribution in [0, 0.1) is 11.8 Å². The van der Waals surface area contributed by atoms with Gasteiger partial charge in [0, 0.05) is 56.2 Å². The molecule has 1 saturated heterocycles. The van der Waals surface area contributed by atoms with Gasteiger partial charge in [-0.3, -0.25) is 19.2 Å². The van der Waals surface area contributed by atoms with Crippen LogP contribution < -0.4 is 16.6 Å². The molecule has 3 amide bonds. The smallest absolute Gasteiger partial charge is 0.250 e. The summed E-state index contributed by atoms with van der Waals surface area (Å²) in [5, 5.41) is 3.04. The van der Waals surface area contributed by atoms with Crippen LogP contribution in [0.1, 0.15) is 44.9 Å². The number of likely N-dealkylation sites (tertiary alicyclic amines) is 1. The third kappa shape index (κ3) is 5.68. The topological polar surface area (TPSA) is 114 Å². The van der Waals surface area contributed by atoms with Gasteiger partial charge in [-0.25, -0.2) is 0 Å². The lowest BCUT2D eigenvalue weighted by molar-refractivity contribution is -0.139. The summed E-state index contributed by atoms with van der Waals surface area (Å²) in [7, 11) is 0. The van der Waals surface area contributed by atoms with Gasteiger partial charge in [0.15, 0.2) is 0 Å². The molecule has 8 heteroatoms.